The third kappa shape index (κ3) is 4.07. The number of hydrogen-bond donors (Lipinski definition) is 0. The molecule has 0 fully saturated rings. The molecular weight excluding hydrogens is 348 g/mol. The Labute approximate surface area is 149 Å². The number of carbonyl (C=O) groups is 1. The summed E-state index contributed by atoms with van der Waals surface area (Å²) in [7, 11) is 0. The van der Waals surface area contributed by atoms with Gasteiger partial charge in [-0.25, -0.2) is 0 Å². The number of carbonyl (C=O) groups excluding carboxylic acids is 1. The number of nitro benzene ring substituents is 1. The van der Waals surface area contributed by atoms with E-state index in [4.69, 9.17) is 11.6 Å². The van der Waals surface area contributed by atoms with E-state index in [1.807, 2.05) is 19.9 Å². The van der Waals surface area contributed by atoms with Crippen molar-refractivity contribution in [3.05, 3.63) is 63.2 Å². The Balaban J connectivity index is 2.39. The minimum absolute atomic E-state index is 0.0991. The first kappa shape index (κ1) is 18.3. The first-order valence-corrected chi connectivity index (χ1v) is 8.67. The number of hydrogen-bond acceptors (Lipinski definition) is 4. The maximum Gasteiger partial charge on any atom is 0.284 e. The minimum Gasteiger partial charge on any atom is -0.339 e. The van der Waals surface area contributed by atoms with Crippen LogP contribution in [0, 0.1) is 10.1 Å². The Morgan fingerprint density at radius 2 is 1.83 bits per heavy atom. The van der Waals surface area contributed by atoms with Crippen LogP contribution in [0.15, 0.2) is 52.3 Å². The summed E-state index contributed by atoms with van der Waals surface area (Å²) in [5.41, 5.74) is 0.215. The third-order valence-electron chi connectivity index (χ3n) is 3.51. The molecule has 24 heavy (non-hydrogen) atoms. The number of nitro groups is 1. The van der Waals surface area contributed by atoms with Crippen LogP contribution in [0.25, 0.3) is 0 Å². The number of nitrogens with zero attached hydrogens (tertiary/aromatic N) is 2. The van der Waals surface area contributed by atoms with Crippen molar-refractivity contribution in [2.45, 2.75) is 23.6 Å². The van der Waals surface area contributed by atoms with Crippen molar-refractivity contribution in [2.75, 3.05) is 13.1 Å². The van der Waals surface area contributed by atoms with Gasteiger partial charge in [-0.15, -0.1) is 0 Å². The number of halogens is 1. The molecule has 0 N–H and O–H groups in total. The summed E-state index contributed by atoms with van der Waals surface area (Å²) >= 11 is 7.33. The average Bonchev–Trinajstić information content (AvgIpc) is 2.58. The predicted octanol–water partition coefficient (Wildman–Crippen LogP) is 4.88. The van der Waals surface area contributed by atoms with E-state index in [2.05, 4.69) is 0 Å². The van der Waals surface area contributed by atoms with Crippen LogP contribution in [0.4, 0.5) is 5.69 Å². The molecule has 2 rings (SSSR count). The summed E-state index contributed by atoms with van der Waals surface area (Å²) in [6, 6.07) is 11.7. The average molecular weight is 365 g/mol. The molecule has 1 amide bonds. The van der Waals surface area contributed by atoms with Crippen LogP contribution in [0.1, 0.15) is 24.2 Å². The van der Waals surface area contributed by atoms with Crippen LogP contribution in [-0.2, 0) is 0 Å². The summed E-state index contributed by atoms with van der Waals surface area (Å²) in [5.74, 6) is -0.211. The summed E-state index contributed by atoms with van der Waals surface area (Å²) in [6.45, 7) is 4.85. The maximum absolute atomic E-state index is 12.4. The van der Waals surface area contributed by atoms with Gasteiger partial charge in [0.1, 0.15) is 0 Å². The second-order valence-electron chi connectivity index (χ2n) is 4.95. The molecule has 0 atom stereocenters. The lowest BCUT2D eigenvalue weighted by Gasteiger charge is -2.18. The zero-order chi connectivity index (χ0) is 17.7. The topological polar surface area (TPSA) is 63.5 Å². The van der Waals surface area contributed by atoms with Crippen LogP contribution in [-0.4, -0.2) is 28.8 Å². The minimum atomic E-state index is -0.474. The Bertz CT molecular complexity index is 763. The van der Waals surface area contributed by atoms with Gasteiger partial charge in [0.2, 0.25) is 0 Å². The molecule has 0 saturated carbocycles. The molecule has 0 aliphatic rings. The first-order chi connectivity index (χ1) is 11.5. The molecule has 126 valence electrons. The molecule has 2 aromatic carbocycles. The van der Waals surface area contributed by atoms with Crippen LogP contribution < -0.4 is 0 Å². The lowest BCUT2D eigenvalue weighted by atomic mass is 10.1. The Morgan fingerprint density at radius 3 is 2.42 bits per heavy atom. The van der Waals surface area contributed by atoms with Gasteiger partial charge in [-0.05, 0) is 38.1 Å². The van der Waals surface area contributed by atoms with Gasteiger partial charge >= 0.3 is 0 Å². The summed E-state index contributed by atoms with van der Waals surface area (Å²) in [6.07, 6.45) is 0. The summed E-state index contributed by atoms with van der Waals surface area (Å²) in [4.78, 5) is 26.1. The summed E-state index contributed by atoms with van der Waals surface area (Å²) < 4.78 is 0. The molecule has 0 radical (unpaired) electrons. The quantitative estimate of drug-likeness (QED) is 0.541. The molecule has 0 saturated heterocycles. The van der Waals surface area contributed by atoms with Crippen molar-refractivity contribution in [3.8, 4) is 0 Å². The molecule has 5 nitrogen and oxygen atoms in total. The predicted molar refractivity (Wildman–Crippen MR) is 95.9 cm³/mol. The van der Waals surface area contributed by atoms with Crippen molar-refractivity contribution in [1.82, 2.24) is 4.90 Å². The molecule has 0 unspecified atom stereocenters. The third-order valence-corrected chi connectivity index (χ3v) is 5.09. The van der Waals surface area contributed by atoms with Gasteiger partial charge in [0.15, 0.2) is 0 Å². The molecular formula is C17H17ClN2O3S. The molecule has 0 aromatic heterocycles. The maximum atomic E-state index is 12.4. The van der Waals surface area contributed by atoms with Gasteiger partial charge in [0.25, 0.3) is 11.6 Å². The zero-order valence-corrected chi connectivity index (χ0v) is 14.9. The SMILES string of the molecule is CCN(CC)C(=O)c1ccc(Sc2ccccc2Cl)c([N+](=O)[O-])c1. The number of amides is 1. The standard InChI is InChI=1S/C17H17ClN2O3S/c1-3-19(4-2)17(21)12-9-10-16(14(11-12)20(22)23)24-15-8-6-5-7-13(15)18/h5-11H,3-4H2,1-2H3. The molecule has 0 bridgehead atoms. The lowest BCUT2D eigenvalue weighted by Crippen LogP contribution is -2.30. The van der Waals surface area contributed by atoms with Crippen LogP contribution in [0.3, 0.4) is 0 Å². The van der Waals surface area contributed by atoms with E-state index in [-0.39, 0.29) is 11.6 Å². The second-order valence-corrected chi connectivity index (χ2v) is 6.44. The van der Waals surface area contributed by atoms with E-state index in [1.165, 1.54) is 17.8 Å². The van der Waals surface area contributed by atoms with E-state index in [0.29, 0.717) is 28.6 Å². The largest absolute Gasteiger partial charge is 0.339 e. The van der Waals surface area contributed by atoms with Crippen molar-refractivity contribution >= 4 is 35.0 Å². The van der Waals surface area contributed by atoms with Gasteiger partial charge in [-0.2, -0.15) is 0 Å². The molecule has 0 aliphatic carbocycles. The van der Waals surface area contributed by atoms with Crippen molar-refractivity contribution < 1.29 is 9.72 Å². The highest BCUT2D eigenvalue weighted by atomic mass is 35.5. The highest BCUT2D eigenvalue weighted by molar-refractivity contribution is 7.99. The smallest absolute Gasteiger partial charge is 0.284 e. The van der Waals surface area contributed by atoms with E-state index >= 15 is 0 Å². The fourth-order valence-electron chi connectivity index (χ4n) is 2.22. The summed E-state index contributed by atoms with van der Waals surface area (Å²) in [5, 5.41) is 11.9. The Hall–Kier alpha value is -2.05. The van der Waals surface area contributed by atoms with Gasteiger partial charge in [-0.3, -0.25) is 14.9 Å². The van der Waals surface area contributed by atoms with Gasteiger partial charge in [-0.1, -0.05) is 35.5 Å². The van der Waals surface area contributed by atoms with Crippen LogP contribution >= 0.6 is 23.4 Å². The monoisotopic (exact) mass is 364 g/mol. The Morgan fingerprint density at radius 1 is 1.17 bits per heavy atom. The molecule has 7 heteroatoms. The van der Waals surface area contributed by atoms with Gasteiger partial charge in [0, 0.05) is 29.6 Å². The van der Waals surface area contributed by atoms with E-state index in [0.717, 1.165) is 4.90 Å². The second kappa shape index (κ2) is 8.17. The van der Waals surface area contributed by atoms with Crippen molar-refractivity contribution in [3.63, 3.8) is 0 Å². The molecule has 2 aromatic rings. The molecule has 0 heterocycles. The van der Waals surface area contributed by atoms with Gasteiger partial charge in [0.05, 0.1) is 14.8 Å². The van der Waals surface area contributed by atoms with Crippen LogP contribution in [0.2, 0.25) is 5.02 Å². The fourth-order valence-corrected chi connectivity index (χ4v) is 3.39. The zero-order valence-electron chi connectivity index (χ0n) is 13.4. The number of benzene rings is 2. The normalized spacial score (nSPS) is 10.5. The van der Waals surface area contributed by atoms with Crippen molar-refractivity contribution in [2.24, 2.45) is 0 Å². The highest BCUT2D eigenvalue weighted by Crippen LogP contribution is 2.38. The van der Waals surface area contributed by atoms with Crippen molar-refractivity contribution in [1.29, 1.82) is 0 Å². The van der Waals surface area contributed by atoms with E-state index < -0.39 is 4.92 Å². The van der Waals surface area contributed by atoms with Crippen LogP contribution in [0.5, 0.6) is 0 Å². The fraction of sp³-hybridized carbons (Fsp3) is 0.235. The Kier molecular flexibility index (Phi) is 6.23. The van der Waals surface area contributed by atoms with E-state index in [1.54, 1.807) is 35.2 Å². The lowest BCUT2D eigenvalue weighted by molar-refractivity contribution is -0.387. The number of rotatable bonds is 6. The highest BCUT2D eigenvalue weighted by Gasteiger charge is 2.21. The van der Waals surface area contributed by atoms with E-state index in [9.17, 15) is 14.9 Å². The molecule has 0 aliphatic heterocycles. The van der Waals surface area contributed by atoms with Gasteiger partial charge < -0.3 is 4.90 Å². The molecule has 0 spiro atoms. The first-order valence-electron chi connectivity index (χ1n) is 7.48.